The number of carbonyl (C=O) groups excluding carboxylic acids is 2. The minimum Gasteiger partial charge on any atom is -0.444 e. The van der Waals surface area contributed by atoms with Gasteiger partial charge >= 0.3 is 6.09 Å². The van der Waals surface area contributed by atoms with Crippen LogP contribution in [0.1, 0.15) is 48.0 Å². The van der Waals surface area contributed by atoms with Crippen LogP contribution in [-0.2, 0) is 9.53 Å². The number of hydrogen-bond donors (Lipinski definition) is 3. The molecule has 0 radical (unpaired) electrons. The van der Waals surface area contributed by atoms with E-state index in [2.05, 4.69) is 16.0 Å². The van der Waals surface area contributed by atoms with Gasteiger partial charge < -0.3 is 20.7 Å². The zero-order chi connectivity index (χ0) is 19.3. The highest BCUT2D eigenvalue weighted by atomic mass is 19.1. The molecule has 0 spiro atoms. The molecule has 0 unspecified atom stereocenters. The lowest BCUT2D eigenvalue weighted by Crippen LogP contribution is -2.46. The van der Waals surface area contributed by atoms with Gasteiger partial charge in [-0.1, -0.05) is 0 Å². The van der Waals surface area contributed by atoms with Crippen molar-refractivity contribution < 1.29 is 18.7 Å². The third kappa shape index (κ3) is 8.37. The maximum Gasteiger partial charge on any atom is 0.408 e. The van der Waals surface area contributed by atoms with Crippen molar-refractivity contribution in [1.82, 2.24) is 5.32 Å². The molecular weight excluding hydrogens is 325 g/mol. The summed E-state index contributed by atoms with van der Waals surface area (Å²) in [5, 5.41) is 8.42. The molecule has 7 heteroatoms. The fourth-order valence-corrected chi connectivity index (χ4v) is 2.08. The van der Waals surface area contributed by atoms with Crippen LogP contribution < -0.4 is 16.0 Å². The van der Waals surface area contributed by atoms with Gasteiger partial charge in [-0.25, -0.2) is 9.18 Å². The highest BCUT2D eigenvalue weighted by Gasteiger charge is 2.24. The number of benzene rings is 1. The zero-order valence-corrected chi connectivity index (χ0v) is 15.7. The van der Waals surface area contributed by atoms with E-state index in [0.717, 1.165) is 0 Å². The maximum atomic E-state index is 13.6. The summed E-state index contributed by atoms with van der Waals surface area (Å²) in [5.41, 5.74) is -0.218. The predicted octanol–water partition coefficient (Wildman–Crippen LogP) is 3.89. The van der Waals surface area contributed by atoms with Crippen molar-refractivity contribution in [1.29, 1.82) is 0 Å². The lowest BCUT2D eigenvalue weighted by atomic mass is 10.0. The van der Waals surface area contributed by atoms with Crippen molar-refractivity contribution in [2.24, 2.45) is 0 Å². The summed E-state index contributed by atoms with van der Waals surface area (Å²) in [7, 11) is 0. The Morgan fingerprint density at radius 2 is 1.80 bits per heavy atom. The summed E-state index contributed by atoms with van der Waals surface area (Å²) < 4.78 is 18.9. The minimum absolute atomic E-state index is 0.128. The summed E-state index contributed by atoms with van der Waals surface area (Å²) in [6.07, 6.45) is 0.159. The molecule has 0 aromatic heterocycles. The third-order valence-corrected chi connectivity index (χ3v) is 3.20. The molecule has 0 aliphatic carbocycles. The van der Waals surface area contributed by atoms with Crippen LogP contribution in [0.2, 0.25) is 0 Å². The van der Waals surface area contributed by atoms with Crippen molar-refractivity contribution in [3.63, 3.8) is 0 Å². The molecule has 140 valence electrons. The Morgan fingerprint density at radius 3 is 2.36 bits per heavy atom. The normalized spacial score (nSPS) is 11.6. The molecule has 0 aliphatic heterocycles. The van der Waals surface area contributed by atoms with Crippen molar-refractivity contribution in [3.05, 3.63) is 24.0 Å². The van der Waals surface area contributed by atoms with Gasteiger partial charge in [-0.2, -0.15) is 0 Å². The Hall–Kier alpha value is -2.31. The number of nitrogens with one attached hydrogen (secondary N) is 3. The van der Waals surface area contributed by atoms with Gasteiger partial charge in [-0.3, -0.25) is 4.79 Å². The average molecular weight is 353 g/mol. The van der Waals surface area contributed by atoms with Gasteiger partial charge in [0.05, 0.1) is 5.69 Å². The summed E-state index contributed by atoms with van der Waals surface area (Å²) >= 11 is 0. The first-order chi connectivity index (χ1) is 11.4. The lowest BCUT2D eigenvalue weighted by Gasteiger charge is -2.28. The Morgan fingerprint density at radius 1 is 1.16 bits per heavy atom. The van der Waals surface area contributed by atoms with Gasteiger partial charge in [0.1, 0.15) is 11.4 Å². The molecule has 0 saturated carbocycles. The second-order valence-electron chi connectivity index (χ2n) is 7.56. The van der Waals surface area contributed by atoms with Crippen molar-refractivity contribution in [3.8, 4) is 0 Å². The second-order valence-corrected chi connectivity index (χ2v) is 7.56. The van der Waals surface area contributed by atoms with E-state index < -0.39 is 23.1 Å². The predicted molar refractivity (Wildman–Crippen MR) is 97.3 cm³/mol. The number of alkyl carbamates (subject to hydrolysis) is 1. The Kier molecular flexibility index (Phi) is 6.78. The fraction of sp³-hybridized carbons (Fsp3) is 0.556. The first kappa shape index (κ1) is 20.7. The van der Waals surface area contributed by atoms with E-state index in [1.54, 1.807) is 6.07 Å². The number of halogens is 1. The van der Waals surface area contributed by atoms with Crippen LogP contribution in [0.3, 0.4) is 0 Å². The highest BCUT2D eigenvalue weighted by Crippen LogP contribution is 2.20. The standard InChI is InChI=1S/C18H28FN3O3/c1-12(23)21-15-11-13(7-8-14(15)19)20-10-9-18(5,6)22-16(24)25-17(2,3)4/h7-8,11,20H,9-10H2,1-6H3,(H,21,23)(H,22,24). The Bertz CT molecular complexity index is 624. The molecule has 1 aromatic rings. The van der Waals surface area contributed by atoms with E-state index in [0.29, 0.717) is 18.7 Å². The van der Waals surface area contributed by atoms with Crippen LogP contribution >= 0.6 is 0 Å². The highest BCUT2D eigenvalue weighted by molar-refractivity contribution is 5.89. The molecule has 0 heterocycles. The second kappa shape index (κ2) is 8.18. The largest absolute Gasteiger partial charge is 0.444 e. The van der Waals surface area contributed by atoms with E-state index in [4.69, 9.17) is 4.74 Å². The topological polar surface area (TPSA) is 79.5 Å². The van der Waals surface area contributed by atoms with E-state index >= 15 is 0 Å². The molecule has 0 saturated heterocycles. The zero-order valence-electron chi connectivity index (χ0n) is 15.7. The smallest absolute Gasteiger partial charge is 0.408 e. The van der Waals surface area contributed by atoms with Crippen LogP contribution in [0.25, 0.3) is 0 Å². The Labute approximate surface area is 148 Å². The maximum absolute atomic E-state index is 13.6. The van der Waals surface area contributed by atoms with E-state index in [9.17, 15) is 14.0 Å². The number of carbonyl (C=O) groups is 2. The number of amides is 2. The van der Waals surface area contributed by atoms with Crippen molar-refractivity contribution in [2.45, 2.75) is 59.1 Å². The minimum atomic E-state index is -0.549. The summed E-state index contributed by atoms with van der Waals surface area (Å²) in [6, 6.07) is 4.41. The lowest BCUT2D eigenvalue weighted by molar-refractivity contribution is -0.114. The molecular formula is C18H28FN3O3. The summed E-state index contributed by atoms with van der Waals surface area (Å²) in [5.74, 6) is -0.827. The van der Waals surface area contributed by atoms with E-state index in [-0.39, 0.29) is 11.6 Å². The summed E-state index contributed by atoms with van der Waals surface area (Å²) in [4.78, 5) is 22.9. The van der Waals surface area contributed by atoms with E-state index in [1.807, 2.05) is 34.6 Å². The van der Waals surface area contributed by atoms with Gasteiger partial charge in [0.2, 0.25) is 5.91 Å². The number of rotatable bonds is 6. The third-order valence-electron chi connectivity index (χ3n) is 3.20. The van der Waals surface area contributed by atoms with Gasteiger partial charge in [-0.15, -0.1) is 0 Å². The van der Waals surface area contributed by atoms with Gasteiger partial charge in [-0.05, 0) is 59.2 Å². The molecule has 2 amide bonds. The van der Waals surface area contributed by atoms with Crippen molar-refractivity contribution in [2.75, 3.05) is 17.2 Å². The van der Waals surface area contributed by atoms with Crippen molar-refractivity contribution >= 4 is 23.4 Å². The number of anilines is 2. The van der Waals surface area contributed by atoms with Crippen LogP contribution in [0.5, 0.6) is 0 Å². The van der Waals surface area contributed by atoms with Crippen LogP contribution in [0.4, 0.5) is 20.6 Å². The quantitative estimate of drug-likeness (QED) is 0.725. The molecule has 25 heavy (non-hydrogen) atoms. The molecule has 0 atom stereocenters. The Balaban J connectivity index is 2.55. The van der Waals surface area contributed by atoms with Gasteiger partial charge in [0.25, 0.3) is 0 Å². The fourth-order valence-electron chi connectivity index (χ4n) is 2.08. The molecule has 6 nitrogen and oxygen atoms in total. The number of ether oxygens (including phenoxy) is 1. The van der Waals surface area contributed by atoms with Crippen LogP contribution in [0, 0.1) is 5.82 Å². The van der Waals surface area contributed by atoms with Gasteiger partial charge in [0, 0.05) is 24.7 Å². The number of hydrogen-bond acceptors (Lipinski definition) is 4. The molecule has 0 aliphatic rings. The van der Waals surface area contributed by atoms with Crippen LogP contribution in [0.15, 0.2) is 18.2 Å². The van der Waals surface area contributed by atoms with Gasteiger partial charge in [0.15, 0.2) is 0 Å². The first-order valence-corrected chi connectivity index (χ1v) is 8.20. The van der Waals surface area contributed by atoms with Crippen LogP contribution in [-0.4, -0.2) is 29.7 Å². The molecule has 1 aromatic carbocycles. The molecule has 0 bridgehead atoms. The van der Waals surface area contributed by atoms with E-state index in [1.165, 1.54) is 19.1 Å². The summed E-state index contributed by atoms with van der Waals surface area (Å²) in [6.45, 7) is 11.1. The monoisotopic (exact) mass is 353 g/mol. The molecule has 1 rings (SSSR count). The molecule has 3 N–H and O–H groups in total. The molecule has 0 fully saturated rings. The first-order valence-electron chi connectivity index (χ1n) is 8.20. The SMILES string of the molecule is CC(=O)Nc1cc(NCCC(C)(C)NC(=O)OC(C)(C)C)ccc1F. The average Bonchev–Trinajstić information content (AvgIpc) is 2.38.